The zero-order chi connectivity index (χ0) is 23.4. The van der Waals surface area contributed by atoms with Gasteiger partial charge in [-0.05, 0) is 49.2 Å². The standard InChI is InChI=1S/C22H21Cl2N3O5/c1-12-3-4-13(2)18(7-12)25-19(28)11-32-22(31)15-9-20(29)27(10-15)26-21(30)14-5-6-16(23)17(24)8-14/h3-8,15H,9-11H2,1-2H3,(H,25,28)(H,26,30)/t15-/m0/s1. The summed E-state index contributed by atoms with van der Waals surface area (Å²) in [4.78, 5) is 49.0. The van der Waals surface area contributed by atoms with Gasteiger partial charge in [-0.15, -0.1) is 0 Å². The molecule has 2 aromatic rings. The van der Waals surface area contributed by atoms with Crippen molar-refractivity contribution in [1.82, 2.24) is 10.4 Å². The predicted molar refractivity (Wildman–Crippen MR) is 119 cm³/mol. The molecular formula is C22H21Cl2N3O5. The Bertz CT molecular complexity index is 1090. The van der Waals surface area contributed by atoms with E-state index in [2.05, 4.69) is 10.7 Å². The number of anilines is 1. The number of aryl methyl sites for hydroxylation is 2. The number of nitrogens with zero attached hydrogens (tertiary/aromatic N) is 1. The van der Waals surface area contributed by atoms with E-state index in [1.807, 2.05) is 32.0 Å². The van der Waals surface area contributed by atoms with Crippen LogP contribution in [-0.2, 0) is 19.1 Å². The first-order chi connectivity index (χ1) is 15.1. The maximum atomic E-state index is 12.4. The van der Waals surface area contributed by atoms with Crippen molar-refractivity contribution < 1.29 is 23.9 Å². The van der Waals surface area contributed by atoms with Crippen molar-refractivity contribution in [2.24, 2.45) is 5.92 Å². The van der Waals surface area contributed by atoms with Crippen molar-refractivity contribution >= 4 is 52.6 Å². The zero-order valence-corrected chi connectivity index (χ0v) is 18.9. The number of nitrogens with one attached hydrogen (secondary N) is 2. The number of benzene rings is 2. The molecule has 3 amide bonds. The van der Waals surface area contributed by atoms with Gasteiger partial charge in [0.2, 0.25) is 5.91 Å². The van der Waals surface area contributed by atoms with E-state index in [4.69, 9.17) is 27.9 Å². The normalized spacial score (nSPS) is 15.4. The number of amides is 3. The van der Waals surface area contributed by atoms with Crippen molar-refractivity contribution in [2.75, 3.05) is 18.5 Å². The summed E-state index contributed by atoms with van der Waals surface area (Å²) in [6.45, 7) is 3.21. The molecular weight excluding hydrogens is 457 g/mol. The third-order valence-corrected chi connectivity index (χ3v) is 5.63. The largest absolute Gasteiger partial charge is 0.455 e. The summed E-state index contributed by atoms with van der Waals surface area (Å²) in [5, 5.41) is 4.24. The summed E-state index contributed by atoms with van der Waals surface area (Å²) in [6, 6.07) is 9.92. The molecule has 0 bridgehead atoms. The minimum absolute atomic E-state index is 0.0661. The van der Waals surface area contributed by atoms with Crippen LogP contribution in [0, 0.1) is 19.8 Å². The molecule has 8 nitrogen and oxygen atoms in total. The van der Waals surface area contributed by atoms with Crippen LogP contribution in [0.15, 0.2) is 36.4 Å². The second-order valence-electron chi connectivity index (χ2n) is 7.45. The Balaban J connectivity index is 1.51. The third kappa shape index (κ3) is 5.77. The summed E-state index contributed by atoms with van der Waals surface area (Å²) in [5.74, 6) is -2.99. The number of esters is 1. The molecule has 3 rings (SSSR count). The molecule has 0 aliphatic carbocycles. The highest BCUT2D eigenvalue weighted by atomic mass is 35.5. The quantitative estimate of drug-likeness (QED) is 0.621. The van der Waals surface area contributed by atoms with Crippen LogP contribution in [0.1, 0.15) is 27.9 Å². The van der Waals surface area contributed by atoms with Crippen molar-refractivity contribution in [3.8, 4) is 0 Å². The third-order valence-electron chi connectivity index (χ3n) is 4.89. The summed E-state index contributed by atoms with van der Waals surface area (Å²) in [5.41, 5.74) is 5.15. The van der Waals surface area contributed by atoms with E-state index in [1.54, 1.807) is 0 Å². The Kier molecular flexibility index (Phi) is 7.37. The minimum atomic E-state index is -0.801. The van der Waals surface area contributed by atoms with Crippen molar-refractivity contribution in [3.05, 3.63) is 63.1 Å². The first-order valence-corrected chi connectivity index (χ1v) is 10.5. The lowest BCUT2D eigenvalue weighted by Gasteiger charge is -2.17. The fourth-order valence-corrected chi connectivity index (χ4v) is 3.41. The number of hydrazine groups is 1. The van der Waals surface area contributed by atoms with Gasteiger partial charge in [-0.1, -0.05) is 35.3 Å². The van der Waals surface area contributed by atoms with Gasteiger partial charge in [0, 0.05) is 17.7 Å². The first kappa shape index (κ1) is 23.6. The Morgan fingerprint density at radius 3 is 2.56 bits per heavy atom. The Morgan fingerprint density at radius 1 is 1.09 bits per heavy atom. The van der Waals surface area contributed by atoms with E-state index in [1.165, 1.54) is 18.2 Å². The molecule has 10 heteroatoms. The smallest absolute Gasteiger partial charge is 0.311 e. The highest BCUT2D eigenvalue weighted by Crippen LogP contribution is 2.23. The Hall–Kier alpha value is -3.10. The molecule has 32 heavy (non-hydrogen) atoms. The Morgan fingerprint density at radius 2 is 1.84 bits per heavy atom. The second-order valence-corrected chi connectivity index (χ2v) is 8.26. The van der Waals surface area contributed by atoms with E-state index in [0.29, 0.717) is 10.7 Å². The molecule has 2 aromatic carbocycles. The van der Waals surface area contributed by atoms with Gasteiger partial charge in [0.1, 0.15) is 0 Å². The van der Waals surface area contributed by atoms with E-state index in [9.17, 15) is 19.2 Å². The number of hydrogen-bond acceptors (Lipinski definition) is 5. The van der Waals surface area contributed by atoms with Gasteiger partial charge in [-0.3, -0.25) is 29.6 Å². The monoisotopic (exact) mass is 477 g/mol. The van der Waals surface area contributed by atoms with E-state index < -0.39 is 36.2 Å². The van der Waals surface area contributed by atoms with Gasteiger partial charge in [-0.25, -0.2) is 0 Å². The van der Waals surface area contributed by atoms with Crippen LogP contribution in [0.2, 0.25) is 10.0 Å². The molecule has 0 aromatic heterocycles. The lowest BCUT2D eigenvalue weighted by Crippen LogP contribution is -2.43. The lowest BCUT2D eigenvalue weighted by atomic mass is 10.1. The van der Waals surface area contributed by atoms with Crippen LogP contribution in [0.5, 0.6) is 0 Å². The van der Waals surface area contributed by atoms with E-state index >= 15 is 0 Å². The van der Waals surface area contributed by atoms with Crippen LogP contribution in [0.3, 0.4) is 0 Å². The van der Waals surface area contributed by atoms with Crippen LogP contribution in [-0.4, -0.2) is 41.9 Å². The predicted octanol–water partition coefficient (Wildman–Crippen LogP) is 3.29. The topological polar surface area (TPSA) is 105 Å². The highest BCUT2D eigenvalue weighted by molar-refractivity contribution is 6.42. The van der Waals surface area contributed by atoms with Gasteiger partial charge in [0.05, 0.1) is 22.5 Å². The average molecular weight is 478 g/mol. The number of rotatable bonds is 6. The zero-order valence-electron chi connectivity index (χ0n) is 17.4. The maximum absolute atomic E-state index is 12.4. The van der Waals surface area contributed by atoms with Gasteiger partial charge < -0.3 is 10.1 Å². The lowest BCUT2D eigenvalue weighted by molar-refractivity contribution is -0.151. The molecule has 0 spiro atoms. The van der Waals surface area contributed by atoms with E-state index in [0.717, 1.165) is 16.1 Å². The first-order valence-electron chi connectivity index (χ1n) is 9.74. The summed E-state index contributed by atoms with van der Waals surface area (Å²) in [6.07, 6.45) is -0.140. The van der Waals surface area contributed by atoms with Crippen molar-refractivity contribution in [3.63, 3.8) is 0 Å². The Labute approximate surface area is 194 Å². The average Bonchev–Trinajstić information content (AvgIpc) is 3.11. The maximum Gasteiger partial charge on any atom is 0.311 e. The van der Waals surface area contributed by atoms with Crippen LogP contribution < -0.4 is 10.7 Å². The summed E-state index contributed by atoms with van der Waals surface area (Å²) >= 11 is 11.7. The molecule has 1 fully saturated rings. The fraction of sp³-hybridized carbons (Fsp3) is 0.273. The molecule has 0 radical (unpaired) electrons. The number of hydrogen-bond donors (Lipinski definition) is 2. The van der Waals surface area contributed by atoms with Gasteiger partial charge in [0.15, 0.2) is 6.61 Å². The highest BCUT2D eigenvalue weighted by Gasteiger charge is 2.36. The molecule has 1 heterocycles. The molecule has 0 saturated carbocycles. The minimum Gasteiger partial charge on any atom is -0.455 e. The van der Waals surface area contributed by atoms with Gasteiger partial charge in [-0.2, -0.15) is 0 Å². The van der Waals surface area contributed by atoms with E-state index in [-0.39, 0.29) is 23.6 Å². The molecule has 1 atom stereocenters. The summed E-state index contributed by atoms with van der Waals surface area (Å²) in [7, 11) is 0. The molecule has 168 valence electrons. The fourth-order valence-electron chi connectivity index (χ4n) is 3.11. The number of carbonyl (C=O) groups excluding carboxylic acids is 4. The SMILES string of the molecule is Cc1ccc(C)c(NC(=O)COC(=O)[C@H]2CC(=O)N(NC(=O)c3ccc(Cl)c(Cl)c3)C2)c1. The molecule has 2 N–H and O–H groups in total. The van der Waals surface area contributed by atoms with Gasteiger partial charge >= 0.3 is 5.97 Å². The molecule has 1 aliphatic heterocycles. The van der Waals surface area contributed by atoms with Gasteiger partial charge in [0.25, 0.3) is 11.8 Å². The molecule has 0 unspecified atom stereocenters. The van der Waals surface area contributed by atoms with Crippen LogP contribution in [0.25, 0.3) is 0 Å². The molecule has 1 aliphatic rings. The number of carbonyl (C=O) groups is 4. The van der Waals surface area contributed by atoms with Crippen LogP contribution in [0.4, 0.5) is 5.69 Å². The van der Waals surface area contributed by atoms with Crippen LogP contribution >= 0.6 is 23.2 Å². The van der Waals surface area contributed by atoms with Crippen molar-refractivity contribution in [1.29, 1.82) is 0 Å². The second kappa shape index (κ2) is 10.0. The number of halogens is 2. The summed E-state index contributed by atoms with van der Waals surface area (Å²) < 4.78 is 5.07. The molecule has 1 saturated heterocycles. The number of ether oxygens (including phenoxy) is 1. The van der Waals surface area contributed by atoms with Crippen molar-refractivity contribution in [2.45, 2.75) is 20.3 Å².